The average Bonchev–Trinajstić information content (AvgIpc) is 2.80. The van der Waals surface area contributed by atoms with Crippen molar-refractivity contribution in [1.82, 2.24) is 9.97 Å². The van der Waals surface area contributed by atoms with E-state index in [4.69, 9.17) is 0 Å². The average molecular weight is 302 g/mol. The van der Waals surface area contributed by atoms with Crippen LogP contribution in [-0.4, -0.2) is 21.0 Å². The molecule has 1 aliphatic carbocycles. The van der Waals surface area contributed by atoms with Crippen molar-refractivity contribution in [3.05, 3.63) is 28.5 Å². The number of hydrogen-bond acceptors (Lipinski definition) is 4. The summed E-state index contributed by atoms with van der Waals surface area (Å²) in [5.74, 6) is -0.485. The molecule has 1 aliphatic rings. The number of carboxylic acid groups (broad SMARTS) is 1. The van der Waals surface area contributed by atoms with E-state index in [0.717, 1.165) is 29.0 Å². The number of hydrogen-bond donors (Lipinski definition) is 1. The highest BCUT2D eigenvalue weighted by Crippen LogP contribution is 2.41. The summed E-state index contributed by atoms with van der Waals surface area (Å²) in [6.45, 7) is 6.29. The predicted octanol–water partition coefficient (Wildman–Crippen LogP) is 4.29. The maximum atomic E-state index is 11.3. The number of carboxylic acids is 1. The molecule has 2 heterocycles. The minimum atomic E-state index is -0.992. The summed E-state index contributed by atoms with van der Waals surface area (Å²) in [5, 5.41) is 9.95. The zero-order valence-corrected chi connectivity index (χ0v) is 13.3. The number of fused-ring (bicyclic) bond motifs is 1. The molecule has 1 N–H and O–H groups in total. The zero-order valence-electron chi connectivity index (χ0n) is 12.4. The van der Waals surface area contributed by atoms with Crippen LogP contribution < -0.4 is 0 Å². The van der Waals surface area contributed by atoms with Crippen LogP contribution >= 0.6 is 11.3 Å². The lowest BCUT2D eigenvalue weighted by Gasteiger charge is -2.28. The maximum absolute atomic E-state index is 11.3. The second-order valence-electron chi connectivity index (χ2n) is 6.35. The van der Waals surface area contributed by atoms with Gasteiger partial charge in [-0.15, -0.1) is 11.3 Å². The van der Waals surface area contributed by atoms with Gasteiger partial charge in [-0.25, -0.2) is 14.8 Å². The third kappa shape index (κ3) is 2.70. The molecule has 0 aliphatic heterocycles. The van der Waals surface area contributed by atoms with Gasteiger partial charge in [0.05, 0.1) is 0 Å². The molecular weight excluding hydrogens is 284 g/mol. The van der Waals surface area contributed by atoms with Crippen LogP contribution in [0.2, 0.25) is 0 Å². The van der Waals surface area contributed by atoms with Crippen molar-refractivity contribution >= 4 is 33.1 Å². The van der Waals surface area contributed by atoms with Gasteiger partial charge in [0, 0.05) is 10.3 Å². The van der Waals surface area contributed by atoms with Gasteiger partial charge in [-0.05, 0) is 43.2 Å². The van der Waals surface area contributed by atoms with E-state index < -0.39 is 5.97 Å². The van der Waals surface area contributed by atoms with Gasteiger partial charge in [-0.1, -0.05) is 19.9 Å². The van der Waals surface area contributed by atoms with Crippen LogP contribution in [0, 0.1) is 12.3 Å². The van der Waals surface area contributed by atoms with Gasteiger partial charge in [0.25, 0.3) is 0 Å². The molecule has 0 unspecified atom stereocenters. The van der Waals surface area contributed by atoms with Gasteiger partial charge >= 0.3 is 5.97 Å². The standard InChI is InChI=1S/C16H18N2O2S/c1-9-17-13(15(19)20)11-8-12(21-14(11)18-9)10-4-6-16(2,3)7-5-10/h4,8H,5-7H2,1-3H3,(H,19,20). The van der Waals surface area contributed by atoms with E-state index in [2.05, 4.69) is 29.9 Å². The molecule has 2 aromatic rings. The van der Waals surface area contributed by atoms with Crippen LogP contribution in [0.3, 0.4) is 0 Å². The summed E-state index contributed by atoms with van der Waals surface area (Å²) < 4.78 is 0. The molecule has 0 bridgehead atoms. The Bertz CT molecular complexity index is 759. The molecule has 0 atom stereocenters. The molecule has 0 amide bonds. The van der Waals surface area contributed by atoms with Crippen molar-refractivity contribution in [1.29, 1.82) is 0 Å². The monoisotopic (exact) mass is 302 g/mol. The number of nitrogens with zero attached hydrogens (tertiary/aromatic N) is 2. The van der Waals surface area contributed by atoms with Crippen LogP contribution in [0.15, 0.2) is 12.1 Å². The van der Waals surface area contributed by atoms with Crippen LogP contribution in [0.4, 0.5) is 0 Å². The van der Waals surface area contributed by atoms with Gasteiger partial charge in [0.1, 0.15) is 10.7 Å². The molecule has 2 aromatic heterocycles. The van der Waals surface area contributed by atoms with Crippen molar-refractivity contribution in [3.8, 4) is 0 Å². The first-order valence-corrected chi connectivity index (χ1v) is 7.88. The fourth-order valence-corrected chi connectivity index (χ4v) is 3.79. The van der Waals surface area contributed by atoms with E-state index >= 15 is 0 Å². The summed E-state index contributed by atoms with van der Waals surface area (Å²) >= 11 is 1.57. The molecule has 0 fully saturated rings. The molecule has 0 saturated carbocycles. The van der Waals surface area contributed by atoms with E-state index in [1.54, 1.807) is 18.3 Å². The Balaban J connectivity index is 2.08. The second-order valence-corrected chi connectivity index (χ2v) is 7.38. The van der Waals surface area contributed by atoms with E-state index in [0.29, 0.717) is 16.6 Å². The van der Waals surface area contributed by atoms with Crippen molar-refractivity contribution in [2.75, 3.05) is 0 Å². The normalized spacial score (nSPS) is 17.8. The third-order valence-corrected chi connectivity index (χ3v) is 5.10. The Morgan fingerprint density at radius 3 is 2.76 bits per heavy atom. The van der Waals surface area contributed by atoms with Crippen LogP contribution in [0.5, 0.6) is 0 Å². The Morgan fingerprint density at radius 1 is 1.38 bits per heavy atom. The lowest BCUT2D eigenvalue weighted by atomic mass is 9.78. The first-order valence-electron chi connectivity index (χ1n) is 7.07. The van der Waals surface area contributed by atoms with Gasteiger partial charge in [-0.3, -0.25) is 0 Å². The number of allylic oxidation sites excluding steroid dienone is 2. The molecule has 0 saturated heterocycles. The van der Waals surface area contributed by atoms with Gasteiger partial charge < -0.3 is 5.11 Å². The summed E-state index contributed by atoms with van der Waals surface area (Å²) in [4.78, 5) is 21.7. The number of aromatic nitrogens is 2. The Morgan fingerprint density at radius 2 is 2.14 bits per heavy atom. The molecule has 4 nitrogen and oxygen atoms in total. The summed E-state index contributed by atoms with van der Waals surface area (Å²) in [6, 6.07) is 1.94. The topological polar surface area (TPSA) is 63.1 Å². The van der Waals surface area contributed by atoms with Crippen LogP contribution in [0.25, 0.3) is 15.8 Å². The molecule has 5 heteroatoms. The number of aryl methyl sites for hydroxylation is 1. The highest BCUT2D eigenvalue weighted by atomic mass is 32.1. The molecule has 3 rings (SSSR count). The van der Waals surface area contributed by atoms with Crippen LogP contribution in [-0.2, 0) is 0 Å². The van der Waals surface area contributed by atoms with Crippen molar-refractivity contribution in [2.45, 2.75) is 40.0 Å². The lowest BCUT2D eigenvalue weighted by Crippen LogP contribution is -2.13. The lowest BCUT2D eigenvalue weighted by molar-refractivity contribution is 0.0692. The number of thiophene rings is 1. The summed E-state index contributed by atoms with van der Waals surface area (Å²) in [5.41, 5.74) is 1.78. The SMILES string of the molecule is Cc1nc(C(=O)O)c2cc(C3=CCC(C)(C)CC3)sc2n1. The highest BCUT2D eigenvalue weighted by Gasteiger charge is 2.23. The zero-order chi connectivity index (χ0) is 15.2. The van der Waals surface area contributed by atoms with Gasteiger partial charge in [0.2, 0.25) is 0 Å². The minimum absolute atomic E-state index is 0.108. The Hall–Kier alpha value is -1.75. The molecule has 0 radical (unpaired) electrons. The second kappa shape index (κ2) is 4.91. The van der Waals surface area contributed by atoms with Crippen molar-refractivity contribution < 1.29 is 9.90 Å². The highest BCUT2D eigenvalue weighted by molar-refractivity contribution is 7.19. The Kier molecular flexibility index (Phi) is 3.32. The number of aromatic carboxylic acids is 1. The quantitative estimate of drug-likeness (QED) is 0.898. The number of carbonyl (C=O) groups is 1. The summed E-state index contributed by atoms with van der Waals surface area (Å²) in [7, 11) is 0. The van der Waals surface area contributed by atoms with E-state index in [9.17, 15) is 9.90 Å². The first kappa shape index (κ1) is 14.2. The van der Waals surface area contributed by atoms with E-state index in [-0.39, 0.29) is 5.69 Å². The van der Waals surface area contributed by atoms with E-state index in [1.165, 1.54) is 5.57 Å². The molecular formula is C16H18N2O2S. The molecule has 110 valence electrons. The molecule has 0 spiro atoms. The van der Waals surface area contributed by atoms with Crippen molar-refractivity contribution in [3.63, 3.8) is 0 Å². The minimum Gasteiger partial charge on any atom is -0.476 e. The van der Waals surface area contributed by atoms with Gasteiger partial charge in [0.15, 0.2) is 5.69 Å². The third-order valence-electron chi connectivity index (χ3n) is 4.00. The smallest absolute Gasteiger partial charge is 0.355 e. The molecule has 21 heavy (non-hydrogen) atoms. The van der Waals surface area contributed by atoms with Gasteiger partial charge in [-0.2, -0.15) is 0 Å². The largest absolute Gasteiger partial charge is 0.476 e. The summed E-state index contributed by atoms with van der Waals surface area (Å²) in [6.07, 6.45) is 5.54. The first-order chi connectivity index (χ1) is 9.85. The Labute approximate surface area is 127 Å². The fourth-order valence-electron chi connectivity index (χ4n) is 2.65. The number of rotatable bonds is 2. The van der Waals surface area contributed by atoms with E-state index in [1.807, 2.05) is 6.07 Å². The molecule has 0 aromatic carbocycles. The fraction of sp³-hybridized carbons (Fsp3) is 0.438. The van der Waals surface area contributed by atoms with Crippen LogP contribution in [0.1, 0.15) is 54.3 Å². The maximum Gasteiger partial charge on any atom is 0.355 e. The van der Waals surface area contributed by atoms with Crippen molar-refractivity contribution in [2.24, 2.45) is 5.41 Å². The predicted molar refractivity (Wildman–Crippen MR) is 84.7 cm³/mol.